The van der Waals surface area contributed by atoms with E-state index in [-0.39, 0.29) is 42.4 Å². The van der Waals surface area contributed by atoms with Gasteiger partial charge >= 0.3 is 0 Å². The molecule has 0 spiro atoms. The number of halogens is 1. The highest BCUT2D eigenvalue weighted by Gasteiger charge is 2.12. The Morgan fingerprint density at radius 2 is 1.79 bits per heavy atom. The second-order valence-electron chi connectivity index (χ2n) is 7.79. The monoisotopic (exact) mass is 462 g/mol. The average molecular weight is 462 g/mol. The SMILES string of the molecule is O=C(CCCC(=O)Nc1cc(Cc2n[nH]c(=O)c3ccccc23)ccc1F)NCc1ccco1. The van der Waals surface area contributed by atoms with Crippen LogP contribution in [0.5, 0.6) is 0 Å². The van der Waals surface area contributed by atoms with Crippen molar-refractivity contribution in [2.45, 2.75) is 32.2 Å². The topological polar surface area (TPSA) is 117 Å². The van der Waals surface area contributed by atoms with Gasteiger partial charge in [0.2, 0.25) is 11.8 Å². The molecule has 0 fully saturated rings. The summed E-state index contributed by atoms with van der Waals surface area (Å²) in [6.45, 7) is 0.287. The number of carbonyl (C=O) groups excluding carboxylic acids is 2. The third-order valence-corrected chi connectivity index (χ3v) is 5.30. The normalized spacial score (nSPS) is 10.9. The zero-order valence-corrected chi connectivity index (χ0v) is 18.3. The van der Waals surface area contributed by atoms with Crippen LogP contribution in [0.3, 0.4) is 0 Å². The van der Waals surface area contributed by atoms with Gasteiger partial charge in [-0.2, -0.15) is 5.10 Å². The van der Waals surface area contributed by atoms with Gasteiger partial charge in [0.1, 0.15) is 11.6 Å². The van der Waals surface area contributed by atoms with Gasteiger partial charge in [0.15, 0.2) is 0 Å². The molecule has 0 bridgehead atoms. The summed E-state index contributed by atoms with van der Waals surface area (Å²) in [5.41, 5.74) is 1.14. The second kappa shape index (κ2) is 10.6. The minimum absolute atomic E-state index is 0.0542. The molecule has 2 heterocycles. The number of furan rings is 1. The lowest BCUT2D eigenvalue weighted by molar-refractivity contribution is -0.121. The summed E-state index contributed by atoms with van der Waals surface area (Å²) >= 11 is 0. The summed E-state index contributed by atoms with van der Waals surface area (Å²) in [4.78, 5) is 36.2. The first-order valence-electron chi connectivity index (χ1n) is 10.8. The highest BCUT2D eigenvalue weighted by Crippen LogP contribution is 2.21. The predicted molar refractivity (Wildman–Crippen MR) is 125 cm³/mol. The molecular formula is C25H23FN4O4. The van der Waals surface area contributed by atoms with Crippen molar-refractivity contribution < 1.29 is 18.4 Å². The molecule has 3 N–H and O–H groups in total. The number of anilines is 1. The molecule has 0 radical (unpaired) electrons. The maximum absolute atomic E-state index is 14.3. The number of hydrogen-bond donors (Lipinski definition) is 3. The van der Waals surface area contributed by atoms with Crippen molar-refractivity contribution in [2.24, 2.45) is 0 Å². The van der Waals surface area contributed by atoms with E-state index >= 15 is 0 Å². The third-order valence-electron chi connectivity index (χ3n) is 5.30. The van der Waals surface area contributed by atoms with Crippen molar-refractivity contribution in [3.63, 3.8) is 0 Å². The summed E-state index contributed by atoms with van der Waals surface area (Å²) < 4.78 is 19.5. The van der Waals surface area contributed by atoms with Crippen LogP contribution < -0.4 is 16.2 Å². The number of fused-ring (bicyclic) bond motifs is 1. The van der Waals surface area contributed by atoms with E-state index in [9.17, 15) is 18.8 Å². The standard InChI is InChI=1S/C25H23FN4O4/c26-20-11-10-16(13-21-18-6-1-2-7-19(18)25(33)30-29-21)14-22(20)28-24(32)9-3-8-23(31)27-15-17-5-4-12-34-17/h1-2,4-7,10-12,14H,3,8-9,13,15H2,(H,27,31)(H,28,32)(H,30,33). The molecule has 0 saturated heterocycles. The second-order valence-corrected chi connectivity index (χ2v) is 7.79. The van der Waals surface area contributed by atoms with E-state index in [2.05, 4.69) is 20.8 Å². The lowest BCUT2D eigenvalue weighted by atomic mass is 10.0. The molecule has 2 aromatic heterocycles. The molecule has 9 heteroatoms. The Labute approximate surface area is 194 Å². The van der Waals surface area contributed by atoms with Gasteiger partial charge in [-0.25, -0.2) is 9.49 Å². The number of amides is 2. The Hall–Kier alpha value is -4.27. The summed E-state index contributed by atoms with van der Waals surface area (Å²) in [5.74, 6) is -0.500. The van der Waals surface area contributed by atoms with Crippen molar-refractivity contribution in [3.8, 4) is 0 Å². The molecule has 0 aliphatic heterocycles. The van der Waals surface area contributed by atoms with Gasteiger partial charge in [-0.05, 0) is 42.3 Å². The van der Waals surface area contributed by atoms with E-state index < -0.39 is 5.82 Å². The fourth-order valence-corrected chi connectivity index (χ4v) is 3.59. The van der Waals surface area contributed by atoms with E-state index in [0.717, 1.165) is 5.56 Å². The van der Waals surface area contributed by atoms with Gasteiger partial charge in [-0.15, -0.1) is 0 Å². The zero-order chi connectivity index (χ0) is 23.9. The quantitative estimate of drug-likeness (QED) is 0.351. The number of H-pyrrole nitrogens is 1. The fourth-order valence-electron chi connectivity index (χ4n) is 3.59. The van der Waals surface area contributed by atoms with Crippen LogP contribution in [0.4, 0.5) is 10.1 Å². The largest absolute Gasteiger partial charge is 0.467 e. The number of nitrogens with zero attached hydrogens (tertiary/aromatic N) is 1. The molecule has 2 amide bonds. The van der Waals surface area contributed by atoms with Crippen molar-refractivity contribution in [1.82, 2.24) is 15.5 Å². The molecule has 174 valence electrons. The van der Waals surface area contributed by atoms with E-state index in [1.807, 2.05) is 12.1 Å². The zero-order valence-electron chi connectivity index (χ0n) is 18.3. The smallest absolute Gasteiger partial charge is 0.272 e. The molecule has 4 aromatic rings. The highest BCUT2D eigenvalue weighted by atomic mass is 19.1. The van der Waals surface area contributed by atoms with E-state index in [4.69, 9.17) is 4.42 Å². The van der Waals surface area contributed by atoms with E-state index in [1.54, 1.807) is 36.4 Å². The molecular weight excluding hydrogens is 439 g/mol. The van der Waals surface area contributed by atoms with Crippen LogP contribution in [-0.4, -0.2) is 22.0 Å². The minimum atomic E-state index is -0.562. The van der Waals surface area contributed by atoms with Gasteiger partial charge in [0.25, 0.3) is 5.56 Å². The number of hydrogen-bond acceptors (Lipinski definition) is 5. The van der Waals surface area contributed by atoms with Gasteiger partial charge in [0, 0.05) is 24.6 Å². The van der Waals surface area contributed by atoms with Crippen LogP contribution in [0.1, 0.15) is 36.3 Å². The first-order valence-corrected chi connectivity index (χ1v) is 10.8. The van der Waals surface area contributed by atoms with Crippen LogP contribution in [0.15, 0.2) is 70.1 Å². The van der Waals surface area contributed by atoms with Gasteiger partial charge in [0.05, 0.1) is 29.6 Å². The van der Waals surface area contributed by atoms with Crippen LogP contribution in [0.2, 0.25) is 0 Å². The Bertz CT molecular complexity index is 1370. The maximum Gasteiger partial charge on any atom is 0.272 e. The van der Waals surface area contributed by atoms with Crippen molar-refractivity contribution >= 4 is 28.3 Å². The van der Waals surface area contributed by atoms with Gasteiger partial charge < -0.3 is 15.1 Å². The van der Waals surface area contributed by atoms with Crippen LogP contribution in [-0.2, 0) is 22.6 Å². The summed E-state index contributed by atoms with van der Waals surface area (Å²) in [7, 11) is 0. The fraction of sp³-hybridized carbons (Fsp3) is 0.200. The summed E-state index contributed by atoms with van der Waals surface area (Å²) in [6, 6.07) is 15.0. The third kappa shape index (κ3) is 5.74. The number of benzene rings is 2. The molecule has 0 atom stereocenters. The maximum atomic E-state index is 14.3. The molecule has 34 heavy (non-hydrogen) atoms. The van der Waals surface area contributed by atoms with Crippen molar-refractivity contribution in [1.29, 1.82) is 0 Å². The average Bonchev–Trinajstić information content (AvgIpc) is 3.36. The molecule has 8 nitrogen and oxygen atoms in total. The minimum Gasteiger partial charge on any atom is -0.467 e. The first kappa shape index (κ1) is 22.9. The molecule has 4 rings (SSSR count). The van der Waals surface area contributed by atoms with E-state index in [0.29, 0.717) is 35.1 Å². The number of carbonyl (C=O) groups is 2. The van der Waals surface area contributed by atoms with Crippen LogP contribution in [0, 0.1) is 5.82 Å². The predicted octanol–water partition coefficient (Wildman–Crippen LogP) is 3.67. The lowest BCUT2D eigenvalue weighted by Gasteiger charge is -2.10. The molecule has 0 saturated carbocycles. The Kier molecular flexibility index (Phi) is 7.12. The Morgan fingerprint density at radius 3 is 2.59 bits per heavy atom. The number of rotatable bonds is 9. The number of nitrogens with one attached hydrogen (secondary N) is 3. The van der Waals surface area contributed by atoms with Crippen LogP contribution >= 0.6 is 0 Å². The first-order chi connectivity index (χ1) is 16.5. The van der Waals surface area contributed by atoms with Gasteiger partial charge in [-0.3, -0.25) is 14.4 Å². The molecule has 2 aromatic carbocycles. The Morgan fingerprint density at radius 1 is 1.00 bits per heavy atom. The number of aromatic nitrogens is 2. The summed E-state index contributed by atoms with van der Waals surface area (Å²) in [5, 5.41) is 13.1. The number of aromatic amines is 1. The lowest BCUT2D eigenvalue weighted by Crippen LogP contribution is -2.22. The van der Waals surface area contributed by atoms with Gasteiger partial charge in [-0.1, -0.05) is 24.3 Å². The molecule has 0 aliphatic carbocycles. The van der Waals surface area contributed by atoms with E-state index in [1.165, 1.54) is 12.3 Å². The van der Waals surface area contributed by atoms with Crippen molar-refractivity contribution in [3.05, 3.63) is 94.0 Å². The van der Waals surface area contributed by atoms with Crippen molar-refractivity contribution in [2.75, 3.05) is 5.32 Å². The summed E-state index contributed by atoms with van der Waals surface area (Å²) in [6.07, 6.45) is 2.44. The molecule has 0 aliphatic rings. The molecule has 0 unspecified atom stereocenters. The Balaban J connectivity index is 1.33. The highest BCUT2D eigenvalue weighted by molar-refractivity contribution is 5.91. The van der Waals surface area contributed by atoms with Crippen LogP contribution in [0.25, 0.3) is 10.8 Å².